The molecule has 0 bridgehead atoms. The lowest BCUT2D eigenvalue weighted by molar-refractivity contribution is -0.192. The number of halogens is 1. The molecular weight excluding hydrogens is 202 g/mol. The first-order valence-electron chi connectivity index (χ1n) is 2.02. The summed E-state index contributed by atoms with van der Waals surface area (Å²) in [5, 5.41) is 7.47. The molecule has 0 aromatic carbocycles. The van der Waals surface area contributed by atoms with Crippen LogP contribution in [0.3, 0.4) is 0 Å². The topological polar surface area (TPSA) is 141 Å². The molecule has 0 fully saturated rings. The summed E-state index contributed by atoms with van der Waals surface area (Å²) in [5.41, 5.74) is 0. The van der Waals surface area contributed by atoms with Crippen molar-refractivity contribution in [2.45, 2.75) is 0 Å². The van der Waals surface area contributed by atoms with Gasteiger partial charge in [-0.1, -0.05) is 0 Å². The third-order valence-electron chi connectivity index (χ3n) is 0.245. The van der Waals surface area contributed by atoms with Gasteiger partial charge in [-0.2, -0.15) is 0 Å². The van der Waals surface area contributed by atoms with Crippen LogP contribution in [0.4, 0.5) is 4.53 Å². The Hall–Kier alpha value is -1.02. The summed E-state index contributed by atoms with van der Waals surface area (Å²) >= 11 is 0. The van der Waals surface area contributed by atoms with E-state index in [1.54, 1.807) is 0 Å². The molecule has 0 heterocycles. The molecule has 4 N–H and O–H groups in total. The Balaban J connectivity index is 0. The van der Waals surface area contributed by atoms with Crippen molar-refractivity contribution in [1.82, 2.24) is 0 Å². The van der Waals surface area contributed by atoms with Crippen LogP contribution < -0.4 is 0 Å². The van der Waals surface area contributed by atoms with Gasteiger partial charge in [-0.05, 0) is 0 Å². The maximum Gasteiger partial charge on any atom is 0.466 e. The first kappa shape index (κ1) is 13.6. The van der Waals surface area contributed by atoms with E-state index in [1.807, 2.05) is 0 Å². The number of aliphatic carboxylic acids is 1. The zero-order valence-electron chi connectivity index (χ0n) is 5.25. The molecule has 0 rings (SSSR count). The fourth-order valence-corrected chi connectivity index (χ4v) is 0.0330. The molecule has 12 heavy (non-hydrogen) atoms. The van der Waals surface area contributed by atoms with Crippen LogP contribution in [-0.4, -0.2) is 31.7 Å². The van der Waals surface area contributed by atoms with Crippen molar-refractivity contribution in [2.75, 3.05) is 0 Å². The van der Waals surface area contributed by atoms with E-state index in [0.717, 1.165) is 0 Å². The summed E-state index contributed by atoms with van der Waals surface area (Å²) in [6.07, 6.45) is 0. The van der Waals surface area contributed by atoms with E-state index in [1.165, 1.54) is 0 Å². The van der Waals surface area contributed by atoms with Crippen LogP contribution in [0.1, 0.15) is 0 Å². The lowest BCUT2D eigenvalue weighted by Crippen LogP contribution is -2.11. The minimum atomic E-state index is -4.64. The summed E-state index contributed by atoms with van der Waals surface area (Å²) in [7, 11) is -4.64. The Morgan fingerprint density at radius 1 is 1.25 bits per heavy atom. The van der Waals surface area contributed by atoms with Gasteiger partial charge in [0.1, 0.15) is 0 Å². The van der Waals surface area contributed by atoms with E-state index in [-0.39, 0.29) is 0 Å². The second-order valence-electron chi connectivity index (χ2n) is 1.18. The molecule has 0 saturated heterocycles. The van der Waals surface area contributed by atoms with Crippen LogP contribution in [0, 0.1) is 0 Å². The third kappa shape index (κ3) is 23.1. The fourth-order valence-electron chi connectivity index (χ4n) is 0.0330. The Bertz CT molecular complexity index is 197. The van der Waals surface area contributed by atoms with Gasteiger partial charge in [-0.3, -0.25) is 0 Å². The summed E-state index contributed by atoms with van der Waals surface area (Å²) in [4.78, 5) is 42.4. The van der Waals surface area contributed by atoms with Crippen LogP contribution in [0.15, 0.2) is 0 Å². The van der Waals surface area contributed by atoms with Gasteiger partial charge in [0.05, 0.1) is 0 Å². The standard InChI is InChI=1S/C2HFO4.H3O4P/c3-7-2(6)1(4)5;1-5(2,3)4/h(H,4,5);(H3,1,2,3,4). The predicted molar refractivity (Wildman–Crippen MR) is 29.1 cm³/mol. The average molecular weight is 206 g/mol. The monoisotopic (exact) mass is 206 g/mol. The van der Waals surface area contributed by atoms with Gasteiger partial charge in [0.25, 0.3) is 0 Å². The molecule has 0 unspecified atom stereocenters. The molecule has 0 radical (unpaired) electrons. The van der Waals surface area contributed by atoms with Crippen molar-refractivity contribution in [3.8, 4) is 0 Å². The van der Waals surface area contributed by atoms with Gasteiger partial charge < -0.3 is 19.8 Å². The largest absolute Gasteiger partial charge is 0.473 e. The molecule has 72 valence electrons. The molecule has 0 spiro atoms. The second-order valence-corrected chi connectivity index (χ2v) is 2.21. The number of rotatable bonds is 0. The van der Waals surface area contributed by atoms with Crippen LogP contribution in [-0.2, 0) is 19.1 Å². The van der Waals surface area contributed by atoms with Crippen molar-refractivity contribution >= 4 is 19.8 Å². The molecule has 0 saturated carbocycles. The minimum absolute atomic E-state index is 1.90. The highest BCUT2D eigenvalue weighted by Gasteiger charge is 2.12. The molecule has 0 amide bonds. The van der Waals surface area contributed by atoms with Gasteiger partial charge in [-0.25, -0.2) is 19.1 Å². The Morgan fingerprint density at radius 2 is 1.50 bits per heavy atom. The maximum atomic E-state index is 10.4. The molecule has 8 nitrogen and oxygen atoms in total. The molecule has 10 heteroatoms. The maximum absolute atomic E-state index is 10.4. The molecule has 0 aliphatic heterocycles. The smallest absolute Gasteiger partial charge is 0.466 e. The summed E-state index contributed by atoms with van der Waals surface area (Å²) < 4.78 is 19.3. The van der Waals surface area contributed by atoms with Crippen LogP contribution in [0.2, 0.25) is 0 Å². The number of hydrogen-bond donors (Lipinski definition) is 4. The SMILES string of the molecule is O=C(O)C(=O)OF.O=P(O)(O)O. The number of carboxylic acids is 1. The van der Waals surface area contributed by atoms with Crippen molar-refractivity contribution in [3.63, 3.8) is 0 Å². The fraction of sp³-hybridized carbons (Fsp3) is 0. The first-order valence-corrected chi connectivity index (χ1v) is 3.59. The zero-order chi connectivity index (χ0) is 10.4. The number of carbonyl (C=O) groups excluding carboxylic acids is 1. The molecule has 0 aromatic heterocycles. The van der Waals surface area contributed by atoms with E-state index in [9.17, 15) is 14.1 Å². The summed E-state index contributed by atoms with van der Waals surface area (Å²) in [5.74, 6) is -3.84. The van der Waals surface area contributed by atoms with Crippen LogP contribution >= 0.6 is 7.82 Å². The average Bonchev–Trinajstić information content (AvgIpc) is 1.82. The Kier molecular flexibility index (Phi) is 6.34. The van der Waals surface area contributed by atoms with Gasteiger partial charge in [-0.15, -0.1) is 0 Å². The zero-order valence-corrected chi connectivity index (χ0v) is 6.14. The van der Waals surface area contributed by atoms with Gasteiger partial charge >= 0.3 is 19.8 Å². The first-order chi connectivity index (χ1) is 5.18. The van der Waals surface area contributed by atoms with E-state index < -0.39 is 19.8 Å². The second kappa shape index (κ2) is 5.61. The summed E-state index contributed by atoms with van der Waals surface area (Å²) in [6, 6.07) is 0. The molecule has 0 aliphatic rings. The highest BCUT2D eigenvalue weighted by atomic mass is 31.2. The van der Waals surface area contributed by atoms with E-state index in [4.69, 9.17) is 24.4 Å². The van der Waals surface area contributed by atoms with Crippen LogP contribution in [0.25, 0.3) is 0 Å². The van der Waals surface area contributed by atoms with Crippen LogP contribution in [0.5, 0.6) is 0 Å². The highest BCUT2D eigenvalue weighted by Crippen LogP contribution is 2.25. The van der Waals surface area contributed by atoms with Crippen molar-refractivity contribution in [1.29, 1.82) is 0 Å². The third-order valence-corrected chi connectivity index (χ3v) is 0.245. The van der Waals surface area contributed by atoms with Crippen molar-refractivity contribution in [2.24, 2.45) is 0 Å². The molecular formula is C2H4FO8P. The highest BCUT2D eigenvalue weighted by molar-refractivity contribution is 7.45. The van der Waals surface area contributed by atoms with E-state index in [0.29, 0.717) is 0 Å². The van der Waals surface area contributed by atoms with E-state index >= 15 is 0 Å². The lowest BCUT2D eigenvalue weighted by Gasteiger charge is -1.82. The minimum Gasteiger partial charge on any atom is -0.473 e. The Labute approximate surface area is 64.3 Å². The number of hydrogen-bond acceptors (Lipinski definition) is 4. The molecule has 0 atom stereocenters. The quantitative estimate of drug-likeness (QED) is 0.279. The van der Waals surface area contributed by atoms with Crippen molar-refractivity contribution in [3.05, 3.63) is 0 Å². The van der Waals surface area contributed by atoms with E-state index in [2.05, 4.69) is 4.94 Å². The predicted octanol–water partition coefficient (Wildman–Crippen LogP) is -1.43. The Morgan fingerprint density at radius 3 is 1.50 bits per heavy atom. The van der Waals surface area contributed by atoms with Crippen molar-refractivity contribution < 1.29 is 43.4 Å². The lowest BCUT2D eigenvalue weighted by atomic mass is 10.7. The molecule has 0 aromatic rings. The van der Waals surface area contributed by atoms with Gasteiger partial charge in [0.15, 0.2) is 0 Å². The van der Waals surface area contributed by atoms with Gasteiger partial charge in [0.2, 0.25) is 0 Å². The normalized spacial score (nSPS) is 9.33. The summed E-state index contributed by atoms with van der Waals surface area (Å²) in [6.45, 7) is 0. The van der Waals surface area contributed by atoms with Gasteiger partial charge in [0, 0.05) is 4.53 Å². The number of carboxylic acid groups (broad SMARTS) is 1. The molecule has 0 aliphatic carbocycles. The number of carbonyl (C=O) groups is 2. The number of phosphoric acid groups is 1.